The Bertz CT molecular complexity index is 842. The van der Waals surface area contributed by atoms with Crippen LogP contribution in [0.15, 0.2) is 42.5 Å². The van der Waals surface area contributed by atoms with E-state index in [1.165, 1.54) is 16.7 Å². The van der Waals surface area contributed by atoms with Gasteiger partial charge in [-0.3, -0.25) is 4.79 Å². The summed E-state index contributed by atoms with van der Waals surface area (Å²) in [6.07, 6.45) is 2.26. The molecule has 5 heteroatoms. The van der Waals surface area contributed by atoms with E-state index in [4.69, 9.17) is 9.84 Å². The van der Waals surface area contributed by atoms with Gasteiger partial charge in [0.25, 0.3) is 0 Å². The van der Waals surface area contributed by atoms with Gasteiger partial charge in [-0.25, -0.2) is 0 Å². The Hall–Kier alpha value is -2.37. The Morgan fingerprint density at radius 2 is 1.89 bits per heavy atom. The van der Waals surface area contributed by atoms with E-state index in [0.717, 1.165) is 37.2 Å². The lowest BCUT2D eigenvalue weighted by Gasteiger charge is -2.36. The van der Waals surface area contributed by atoms with Gasteiger partial charge in [0.05, 0.1) is 13.0 Å². The molecule has 2 aromatic rings. The molecule has 1 unspecified atom stereocenters. The van der Waals surface area contributed by atoms with Crippen molar-refractivity contribution in [1.82, 2.24) is 4.90 Å². The van der Waals surface area contributed by atoms with E-state index in [1.54, 1.807) is 0 Å². The van der Waals surface area contributed by atoms with Crippen LogP contribution >= 0.6 is 0 Å². The summed E-state index contributed by atoms with van der Waals surface area (Å²) in [4.78, 5) is 13.1. The highest BCUT2D eigenvalue weighted by atomic mass is 16.5. The lowest BCUT2D eigenvalue weighted by molar-refractivity contribution is -0.137. The summed E-state index contributed by atoms with van der Waals surface area (Å²) in [5, 5.41) is 18.6. The lowest BCUT2D eigenvalue weighted by Crippen LogP contribution is -2.37. The van der Waals surface area contributed by atoms with Crippen molar-refractivity contribution in [1.29, 1.82) is 0 Å². The first-order chi connectivity index (χ1) is 13.7. The zero-order valence-corrected chi connectivity index (χ0v) is 16.0. The van der Waals surface area contributed by atoms with Gasteiger partial charge in [0, 0.05) is 18.0 Å². The normalized spacial score (nSPS) is 20.0. The molecule has 1 fully saturated rings. The summed E-state index contributed by atoms with van der Waals surface area (Å²) < 4.78 is 6.12. The first-order valence-corrected chi connectivity index (χ1v) is 10.0. The van der Waals surface area contributed by atoms with Crippen LogP contribution in [0.3, 0.4) is 0 Å². The van der Waals surface area contributed by atoms with Gasteiger partial charge in [-0.05, 0) is 60.7 Å². The molecule has 0 aliphatic carbocycles. The number of rotatable bonds is 5. The second-order valence-electron chi connectivity index (χ2n) is 7.82. The van der Waals surface area contributed by atoms with Gasteiger partial charge >= 0.3 is 5.97 Å². The fourth-order valence-electron chi connectivity index (χ4n) is 4.63. The maximum atomic E-state index is 10.9. The fraction of sp³-hybridized carbons (Fsp3) is 0.435. The van der Waals surface area contributed by atoms with Gasteiger partial charge in [0.2, 0.25) is 0 Å². The third kappa shape index (κ3) is 3.91. The molecule has 0 spiro atoms. The zero-order chi connectivity index (χ0) is 19.5. The van der Waals surface area contributed by atoms with Crippen molar-refractivity contribution in [3.05, 3.63) is 64.7 Å². The number of fused-ring (bicyclic) bond motifs is 2. The van der Waals surface area contributed by atoms with Crippen LogP contribution in [0.1, 0.15) is 47.4 Å². The van der Waals surface area contributed by atoms with Crippen molar-refractivity contribution in [2.75, 3.05) is 19.6 Å². The second-order valence-corrected chi connectivity index (χ2v) is 7.82. The topological polar surface area (TPSA) is 70.0 Å². The number of aliphatic hydroxyl groups is 1. The van der Waals surface area contributed by atoms with Crippen molar-refractivity contribution in [2.24, 2.45) is 5.92 Å². The van der Waals surface area contributed by atoms with Gasteiger partial charge in [-0.1, -0.05) is 30.3 Å². The van der Waals surface area contributed by atoms with Crippen LogP contribution < -0.4 is 4.74 Å². The maximum absolute atomic E-state index is 10.9. The average molecular weight is 381 g/mol. The predicted octanol–water partition coefficient (Wildman–Crippen LogP) is 3.39. The first kappa shape index (κ1) is 19.0. The first-order valence-electron chi connectivity index (χ1n) is 10.0. The molecule has 2 aromatic carbocycles. The van der Waals surface area contributed by atoms with Crippen LogP contribution in [-0.4, -0.2) is 40.7 Å². The SMILES string of the molecule is O=C(O)CCN1CCC(C2c3ccccc3COc3ccc(CO)cc32)CC1. The molecule has 0 aromatic heterocycles. The Morgan fingerprint density at radius 1 is 1.11 bits per heavy atom. The molecule has 2 N–H and O–H groups in total. The largest absolute Gasteiger partial charge is 0.489 e. The van der Waals surface area contributed by atoms with E-state index in [2.05, 4.69) is 35.2 Å². The molecule has 4 rings (SSSR count). The zero-order valence-electron chi connectivity index (χ0n) is 16.0. The highest BCUT2D eigenvalue weighted by molar-refractivity contribution is 5.66. The standard InChI is InChI=1S/C23H27NO4/c25-14-16-5-6-21-20(13-16)23(19-4-2-1-3-18(19)15-28-21)17-7-10-24(11-8-17)12-9-22(26)27/h1-6,13,17,23,25H,7-12,14-15H2,(H,26,27). The Morgan fingerprint density at radius 3 is 2.64 bits per heavy atom. The number of aliphatic hydroxyl groups excluding tert-OH is 1. The molecule has 1 saturated heterocycles. The van der Waals surface area contributed by atoms with Crippen LogP contribution in [0.4, 0.5) is 0 Å². The smallest absolute Gasteiger partial charge is 0.304 e. The molecule has 0 amide bonds. The number of ether oxygens (including phenoxy) is 1. The molecule has 2 heterocycles. The molecule has 0 radical (unpaired) electrons. The number of hydrogen-bond acceptors (Lipinski definition) is 4. The van der Waals surface area contributed by atoms with E-state index in [-0.39, 0.29) is 18.9 Å². The number of piperidine rings is 1. The number of nitrogens with zero attached hydrogens (tertiary/aromatic N) is 1. The maximum Gasteiger partial charge on any atom is 0.304 e. The number of carboxylic acid groups (broad SMARTS) is 1. The highest BCUT2D eigenvalue weighted by Gasteiger charge is 2.33. The van der Waals surface area contributed by atoms with Gasteiger partial charge in [0.15, 0.2) is 0 Å². The summed E-state index contributed by atoms with van der Waals surface area (Å²) in [6, 6.07) is 14.5. The van der Waals surface area contributed by atoms with Crippen molar-refractivity contribution in [3.8, 4) is 5.75 Å². The molecule has 1 atom stereocenters. The molecule has 28 heavy (non-hydrogen) atoms. The average Bonchev–Trinajstić information content (AvgIpc) is 2.89. The number of aliphatic carboxylic acids is 1. The van der Waals surface area contributed by atoms with Crippen LogP contribution in [0, 0.1) is 5.92 Å². The molecular weight excluding hydrogens is 354 g/mol. The van der Waals surface area contributed by atoms with Crippen LogP contribution in [0.5, 0.6) is 5.75 Å². The summed E-state index contributed by atoms with van der Waals surface area (Å²) >= 11 is 0. The van der Waals surface area contributed by atoms with Crippen molar-refractivity contribution in [2.45, 2.75) is 38.4 Å². The van der Waals surface area contributed by atoms with Crippen LogP contribution in [0.2, 0.25) is 0 Å². The van der Waals surface area contributed by atoms with E-state index >= 15 is 0 Å². The van der Waals surface area contributed by atoms with Gasteiger partial charge in [-0.2, -0.15) is 0 Å². The minimum atomic E-state index is -0.734. The minimum absolute atomic E-state index is 0.0231. The molecule has 148 valence electrons. The number of benzene rings is 2. The molecule has 2 aliphatic heterocycles. The van der Waals surface area contributed by atoms with Crippen LogP contribution in [0.25, 0.3) is 0 Å². The number of carboxylic acids is 1. The molecule has 0 saturated carbocycles. The quantitative estimate of drug-likeness (QED) is 0.831. The third-order valence-corrected chi connectivity index (χ3v) is 6.11. The van der Waals surface area contributed by atoms with Crippen LogP contribution in [-0.2, 0) is 18.0 Å². The van der Waals surface area contributed by atoms with E-state index in [9.17, 15) is 9.90 Å². The number of carbonyl (C=O) groups is 1. The van der Waals surface area contributed by atoms with Gasteiger partial charge in [-0.15, -0.1) is 0 Å². The van der Waals surface area contributed by atoms with Crippen molar-refractivity contribution < 1.29 is 19.7 Å². The monoisotopic (exact) mass is 381 g/mol. The Balaban J connectivity index is 1.63. The lowest BCUT2D eigenvalue weighted by atomic mass is 9.74. The minimum Gasteiger partial charge on any atom is -0.489 e. The fourth-order valence-corrected chi connectivity index (χ4v) is 4.63. The number of likely N-dealkylation sites (tertiary alicyclic amines) is 1. The molecular formula is C23H27NO4. The second kappa shape index (κ2) is 8.33. The molecule has 0 bridgehead atoms. The Labute approximate surface area is 165 Å². The van der Waals surface area contributed by atoms with Crippen molar-refractivity contribution in [3.63, 3.8) is 0 Å². The summed E-state index contributed by atoms with van der Waals surface area (Å²) in [5.41, 5.74) is 4.62. The van der Waals surface area contributed by atoms with E-state index < -0.39 is 5.97 Å². The van der Waals surface area contributed by atoms with E-state index in [0.29, 0.717) is 19.1 Å². The summed E-state index contributed by atoms with van der Waals surface area (Å²) in [7, 11) is 0. The number of hydrogen-bond donors (Lipinski definition) is 2. The summed E-state index contributed by atoms with van der Waals surface area (Å²) in [6.45, 7) is 3.06. The van der Waals surface area contributed by atoms with Crippen molar-refractivity contribution >= 4 is 5.97 Å². The molecule has 5 nitrogen and oxygen atoms in total. The van der Waals surface area contributed by atoms with E-state index in [1.807, 2.05) is 12.1 Å². The van der Waals surface area contributed by atoms with Gasteiger partial charge in [0.1, 0.15) is 12.4 Å². The third-order valence-electron chi connectivity index (χ3n) is 6.11. The predicted molar refractivity (Wildman–Crippen MR) is 106 cm³/mol. The summed E-state index contributed by atoms with van der Waals surface area (Å²) in [5.74, 6) is 0.882. The highest BCUT2D eigenvalue weighted by Crippen LogP contribution is 2.45. The molecule has 2 aliphatic rings. The Kier molecular flexibility index (Phi) is 5.64. The van der Waals surface area contributed by atoms with Gasteiger partial charge < -0.3 is 19.8 Å².